The van der Waals surface area contributed by atoms with E-state index in [0.29, 0.717) is 13.2 Å². The minimum Gasteiger partial charge on any atom is -0.492 e. The van der Waals surface area contributed by atoms with E-state index in [1.54, 1.807) is 11.3 Å². The molecule has 0 atom stereocenters. The molecule has 0 aliphatic carbocycles. The number of hydrogen-bond acceptors (Lipinski definition) is 4. The summed E-state index contributed by atoms with van der Waals surface area (Å²) in [6.45, 7) is 3.27. The number of hydrogen-bond donors (Lipinski definition) is 1. The van der Waals surface area contributed by atoms with Crippen LogP contribution in [0.4, 0.5) is 0 Å². The third kappa shape index (κ3) is 2.51. The van der Waals surface area contributed by atoms with E-state index in [4.69, 9.17) is 10.5 Å². The van der Waals surface area contributed by atoms with E-state index in [0.717, 1.165) is 24.1 Å². The molecular formula is C12H16N2OS. The average Bonchev–Trinajstić information content (AvgIpc) is 2.68. The highest BCUT2D eigenvalue weighted by molar-refractivity contribution is 7.18. The molecule has 0 radical (unpaired) electrons. The van der Waals surface area contributed by atoms with Crippen molar-refractivity contribution in [1.82, 2.24) is 4.98 Å². The van der Waals surface area contributed by atoms with Crippen LogP contribution in [0.3, 0.4) is 0 Å². The first-order valence-electron chi connectivity index (χ1n) is 5.56. The van der Waals surface area contributed by atoms with Crippen LogP contribution in [0.1, 0.15) is 18.4 Å². The first-order valence-corrected chi connectivity index (χ1v) is 6.37. The Balaban J connectivity index is 2.23. The number of aryl methyl sites for hydroxylation is 1. The van der Waals surface area contributed by atoms with E-state index >= 15 is 0 Å². The van der Waals surface area contributed by atoms with Crippen LogP contribution in [-0.4, -0.2) is 18.1 Å². The summed E-state index contributed by atoms with van der Waals surface area (Å²) < 4.78 is 6.68. The number of thiazole rings is 1. The van der Waals surface area contributed by atoms with Crippen molar-refractivity contribution in [1.29, 1.82) is 0 Å². The molecule has 4 heteroatoms. The Morgan fingerprint density at radius 3 is 3.06 bits per heavy atom. The molecule has 2 aromatic rings. The number of fused-ring (bicyclic) bond motifs is 1. The van der Waals surface area contributed by atoms with Crippen LogP contribution in [0.2, 0.25) is 0 Å². The van der Waals surface area contributed by atoms with Crippen molar-refractivity contribution in [2.24, 2.45) is 5.73 Å². The number of rotatable bonds is 5. The van der Waals surface area contributed by atoms with Gasteiger partial charge < -0.3 is 10.5 Å². The summed E-state index contributed by atoms with van der Waals surface area (Å²) in [5, 5.41) is 1.20. The van der Waals surface area contributed by atoms with Crippen LogP contribution < -0.4 is 10.5 Å². The molecule has 2 N–H and O–H groups in total. The highest BCUT2D eigenvalue weighted by Gasteiger charge is 2.04. The molecule has 0 fully saturated rings. The summed E-state index contributed by atoms with van der Waals surface area (Å²) in [5.74, 6) is 0.879. The van der Waals surface area contributed by atoms with Crippen LogP contribution in [0, 0.1) is 0 Å². The third-order valence-electron chi connectivity index (χ3n) is 2.25. The normalized spacial score (nSPS) is 10.9. The summed E-state index contributed by atoms with van der Waals surface area (Å²) in [6.07, 6.45) is 2.19. The first kappa shape index (κ1) is 11.4. The Hall–Kier alpha value is -1.13. The van der Waals surface area contributed by atoms with Crippen LogP contribution in [0.5, 0.6) is 5.75 Å². The average molecular weight is 236 g/mol. The van der Waals surface area contributed by atoms with Gasteiger partial charge in [0.05, 0.1) is 15.2 Å². The zero-order chi connectivity index (χ0) is 11.4. The van der Waals surface area contributed by atoms with E-state index in [9.17, 15) is 0 Å². The second-order valence-electron chi connectivity index (χ2n) is 3.62. The summed E-state index contributed by atoms with van der Waals surface area (Å²) in [5.41, 5.74) is 6.46. The molecule has 0 saturated heterocycles. The van der Waals surface area contributed by atoms with Gasteiger partial charge in [-0.2, -0.15) is 0 Å². The molecule has 3 nitrogen and oxygen atoms in total. The van der Waals surface area contributed by atoms with Crippen molar-refractivity contribution >= 4 is 21.6 Å². The minimum atomic E-state index is 0.543. The fourth-order valence-electron chi connectivity index (χ4n) is 1.54. The summed E-state index contributed by atoms with van der Waals surface area (Å²) in [4.78, 5) is 4.56. The zero-order valence-electron chi connectivity index (χ0n) is 9.40. The molecule has 0 aliphatic rings. The van der Waals surface area contributed by atoms with Gasteiger partial charge in [-0.05, 0) is 31.0 Å². The van der Waals surface area contributed by atoms with E-state index < -0.39 is 0 Å². The smallest absolute Gasteiger partial charge is 0.120 e. The summed E-state index contributed by atoms with van der Waals surface area (Å²) >= 11 is 1.75. The number of benzene rings is 1. The van der Waals surface area contributed by atoms with Gasteiger partial charge in [-0.15, -0.1) is 11.3 Å². The van der Waals surface area contributed by atoms with Crippen LogP contribution >= 0.6 is 11.3 Å². The maximum Gasteiger partial charge on any atom is 0.120 e. The van der Waals surface area contributed by atoms with Crippen LogP contribution in [0.25, 0.3) is 10.2 Å². The van der Waals surface area contributed by atoms with Gasteiger partial charge in [0.2, 0.25) is 0 Å². The lowest BCUT2D eigenvalue weighted by Crippen LogP contribution is -2.10. The Labute approximate surface area is 99.3 Å². The van der Waals surface area contributed by atoms with Crippen molar-refractivity contribution in [2.75, 3.05) is 13.2 Å². The number of nitrogens with zero attached hydrogens (tertiary/aromatic N) is 1. The molecule has 0 amide bonds. The number of nitrogens with two attached hydrogens (primary N) is 1. The van der Waals surface area contributed by atoms with Crippen molar-refractivity contribution in [3.8, 4) is 5.75 Å². The SMILES string of the molecule is CCCc1nc2ccc(OCCN)cc2s1. The van der Waals surface area contributed by atoms with E-state index in [1.165, 1.54) is 9.71 Å². The Morgan fingerprint density at radius 2 is 2.31 bits per heavy atom. The number of aromatic nitrogens is 1. The van der Waals surface area contributed by atoms with Gasteiger partial charge in [0.1, 0.15) is 12.4 Å². The summed E-state index contributed by atoms with van der Waals surface area (Å²) in [6, 6.07) is 6.01. The second-order valence-corrected chi connectivity index (χ2v) is 4.74. The maximum atomic E-state index is 5.49. The van der Waals surface area contributed by atoms with Crippen molar-refractivity contribution in [3.63, 3.8) is 0 Å². The Kier molecular flexibility index (Phi) is 3.74. The van der Waals surface area contributed by atoms with Crippen molar-refractivity contribution < 1.29 is 4.74 Å². The number of ether oxygens (including phenoxy) is 1. The molecule has 1 heterocycles. The fourth-order valence-corrected chi connectivity index (χ4v) is 2.64. The van der Waals surface area contributed by atoms with Gasteiger partial charge in [-0.1, -0.05) is 6.92 Å². The molecule has 16 heavy (non-hydrogen) atoms. The molecule has 0 bridgehead atoms. The molecule has 1 aromatic carbocycles. The first-order chi connectivity index (χ1) is 7.83. The Bertz CT molecular complexity index is 467. The monoisotopic (exact) mass is 236 g/mol. The van der Waals surface area contributed by atoms with E-state index in [2.05, 4.69) is 11.9 Å². The van der Waals surface area contributed by atoms with Crippen LogP contribution in [0.15, 0.2) is 18.2 Å². The lowest BCUT2D eigenvalue weighted by molar-refractivity contribution is 0.329. The van der Waals surface area contributed by atoms with Gasteiger partial charge >= 0.3 is 0 Å². The topological polar surface area (TPSA) is 48.1 Å². The lowest BCUT2D eigenvalue weighted by Gasteiger charge is -2.02. The molecule has 0 spiro atoms. The van der Waals surface area contributed by atoms with Gasteiger partial charge in [0.25, 0.3) is 0 Å². The maximum absolute atomic E-state index is 5.49. The zero-order valence-corrected chi connectivity index (χ0v) is 10.2. The van der Waals surface area contributed by atoms with Gasteiger partial charge in [-0.3, -0.25) is 0 Å². The van der Waals surface area contributed by atoms with Gasteiger partial charge in [0.15, 0.2) is 0 Å². The molecule has 0 saturated carbocycles. The van der Waals surface area contributed by atoms with Crippen LogP contribution in [-0.2, 0) is 6.42 Å². The van der Waals surface area contributed by atoms with E-state index in [-0.39, 0.29) is 0 Å². The predicted molar refractivity (Wildman–Crippen MR) is 68.2 cm³/mol. The third-order valence-corrected chi connectivity index (χ3v) is 3.33. The molecule has 86 valence electrons. The predicted octanol–water partition coefficient (Wildman–Crippen LogP) is 2.59. The quantitative estimate of drug-likeness (QED) is 0.868. The highest BCUT2D eigenvalue weighted by Crippen LogP contribution is 2.26. The molecule has 0 aliphatic heterocycles. The van der Waals surface area contributed by atoms with Gasteiger partial charge in [-0.25, -0.2) is 4.98 Å². The molecule has 2 rings (SSSR count). The lowest BCUT2D eigenvalue weighted by atomic mass is 10.3. The second kappa shape index (κ2) is 5.27. The van der Waals surface area contributed by atoms with Gasteiger partial charge in [0, 0.05) is 6.54 Å². The molecule has 1 aromatic heterocycles. The highest BCUT2D eigenvalue weighted by atomic mass is 32.1. The molecular weight excluding hydrogens is 220 g/mol. The molecule has 0 unspecified atom stereocenters. The van der Waals surface area contributed by atoms with Crippen molar-refractivity contribution in [2.45, 2.75) is 19.8 Å². The van der Waals surface area contributed by atoms with E-state index in [1.807, 2.05) is 18.2 Å². The summed E-state index contributed by atoms with van der Waals surface area (Å²) in [7, 11) is 0. The standard InChI is InChI=1S/C12H16N2OS/c1-2-3-12-14-10-5-4-9(15-7-6-13)8-11(10)16-12/h4-5,8H,2-3,6-7,13H2,1H3. The largest absolute Gasteiger partial charge is 0.492 e. The fraction of sp³-hybridized carbons (Fsp3) is 0.417. The van der Waals surface area contributed by atoms with Crippen molar-refractivity contribution in [3.05, 3.63) is 23.2 Å². The Morgan fingerprint density at radius 1 is 1.44 bits per heavy atom. The minimum absolute atomic E-state index is 0.543.